The lowest BCUT2D eigenvalue weighted by Gasteiger charge is -2.09. The molecule has 104 valence electrons. The molecular weight excluding hydrogens is 256 g/mol. The first-order valence-electron chi connectivity index (χ1n) is 6.53. The van der Waals surface area contributed by atoms with Crippen LogP contribution in [0, 0.1) is 0 Å². The zero-order chi connectivity index (χ0) is 14.4. The average Bonchev–Trinajstić information content (AvgIpc) is 2.47. The van der Waals surface area contributed by atoms with Gasteiger partial charge >= 0.3 is 6.09 Å². The van der Waals surface area contributed by atoms with Crippen molar-refractivity contribution in [2.24, 2.45) is 0 Å². The molecule has 1 amide bonds. The molecule has 1 heterocycles. The first kappa shape index (κ1) is 14.0. The number of anilines is 1. The van der Waals surface area contributed by atoms with Gasteiger partial charge in [0.2, 0.25) is 0 Å². The lowest BCUT2D eigenvalue weighted by molar-refractivity contribution is 0.111. The second kappa shape index (κ2) is 6.65. The van der Waals surface area contributed by atoms with Gasteiger partial charge in [-0.15, -0.1) is 0 Å². The largest absolute Gasteiger partial charge is 0.449 e. The number of para-hydroxylation sites is 1. The topological polar surface area (TPSA) is 68.3 Å². The van der Waals surface area contributed by atoms with Gasteiger partial charge in [0.25, 0.3) is 0 Å². The fourth-order valence-electron chi connectivity index (χ4n) is 1.78. The molecule has 0 bridgehead atoms. The fraction of sp³-hybridized carbons (Fsp3) is 0.267. The first-order valence-corrected chi connectivity index (χ1v) is 6.53. The van der Waals surface area contributed by atoms with Gasteiger partial charge in [0.05, 0.1) is 17.8 Å². The van der Waals surface area contributed by atoms with Crippen LogP contribution in [-0.2, 0) is 4.74 Å². The molecule has 0 aliphatic heterocycles. The molecule has 0 aliphatic carbocycles. The van der Waals surface area contributed by atoms with E-state index in [4.69, 9.17) is 4.74 Å². The molecule has 20 heavy (non-hydrogen) atoms. The van der Waals surface area contributed by atoms with E-state index in [0.717, 1.165) is 18.2 Å². The van der Waals surface area contributed by atoms with E-state index in [1.54, 1.807) is 18.2 Å². The van der Waals surface area contributed by atoms with Crippen LogP contribution in [-0.4, -0.2) is 24.0 Å². The van der Waals surface area contributed by atoms with Crippen LogP contribution in [0.3, 0.4) is 0 Å². The van der Waals surface area contributed by atoms with E-state index < -0.39 is 6.09 Å². The zero-order valence-corrected chi connectivity index (χ0v) is 11.3. The van der Waals surface area contributed by atoms with Gasteiger partial charge in [0.1, 0.15) is 5.69 Å². The van der Waals surface area contributed by atoms with Gasteiger partial charge in [0.15, 0.2) is 6.29 Å². The van der Waals surface area contributed by atoms with E-state index in [2.05, 4.69) is 10.3 Å². The van der Waals surface area contributed by atoms with Gasteiger partial charge in [-0.1, -0.05) is 31.5 Å². The molecule has 0 fully saturated rings. The molecule has 0 atom stereocenters. The Morgan fingerprint density at radius 2 is 2.20 bits per heavy atom. The summed E-state index contributed by atoms with van der Waals surface area (Å²) in [6, 6.07) is 8.83. The second-order valence-electron chi connectivity index (χ2n) is 4.35. The maximum Gasteiger partial charge on any atom is 0.411 e. The number of unbranched alkanes of at least 4 members (excludes halogenated alkanes) is 1. The number of hydrogen-bond donors (Lipinski definition) is 1. The lowest BCUT2D eigenvalue weighted by atomic mass is 10.2. The highest BCUT2D eigenvalue weighted by atomic mass is 16.5. The Morgan fingerprint density at radius 1 is 1.35 bits per heavy atom. The molecule has 0 saturated heterocycles. The third-order valence-electron chi connectivity index (χ3n) is 2.83. The Balaban J connectivity index is 2.20. The third-order valence-corrected chi connectivity index (χ3v) is 2.83. The quantitative estimate of drug-likeness (QED) is 0.669. The average molecular weight is 272 g/mol. The second-order valence-corrected chi connectivity index (χ2v) is 4.35. The summed E-state index contributed by atoms with van der Waals surface area (Å²) in [5.41, 5.74) is 1.43. The first-order chi connectivity index (χ1) is 9.74. The molecule has 0 unspecified atom stereocenters. The van der Waals surface area contributed by atoms with Crippen molar-refractivity contribution in [3.05, 3.63) is 36.0 Å². The van der Waals surface area contributed by atoms with E-state index in [-0.39, 0.29) is 0 Å². The number of pyridine rings is 1. The number of ether oxygens (including phenoxy) is 1. The maximum absolute atomic E-state index is 11.7. The number of amides is 1. The number of benzene rings is 1. The van der Waals surface area contributed by atoms with Crippen molar-refractivity contribution in [3.8, 4) is 0 Å². The molecule has 0 saturated carbocycles. The van der Waals surface area contributed by atoms with Crippen LogP contribution in [0.4, 0.5) is 10.5 Å². The van der Waals surface area contributed by atoms with Gasteiger partial charge in [-0.05, 0) is 18.6 Å². The van der Waals surface area contributed by atoms with E-state index in [1.165, 1.54) is 0 Å². The lowest BCUT2D eigenvalue weighted by Crippen LogP contribution is -2.14. The molecular formula is C15H16N2O3. The van der Waals surface area contributed by atoms with Crippen LogP contribution in [0.5, 0.6) is 0 Å². The Labute approximate surface area is 117 Å². The molecule has 1 N–H and O–H groups in total. The van der Waals surface area contributed by atoms with Crippen molar-refractivity contribution in [1.82, 2.24) is 4.98 Å². The monoisotopic (exact) mass is 272 g/mol. The Bertz CT molecular complexity index is 626. The number of nitrogens with one attached hydrogen (secondary N) is 1. The van der Waals surface area contributed by atoms with Gasteiger partial charge < -0.3 is 4.74 Å². The molecule has 0 radical (unpaired) electrons. The van der Waals surface area contributed by atoms with E-state index >= 15 is 0 Å². The fourth-order valence-corrected chi connectivity index (χ4v) is 1.78. The number of nitrogens with zero attached hydrogens (tertiary/aromatic N) is 1. The van der Waals surface area contributed by atoms with Crippen LogP contribution >= 0.6 is 0 Å². The molecule has 5 nitrogen and oxygen atoms in total. The number of rotatable bonds is 5. The minimum atomic E-state index is -0.510. The summed E-state index contributed by atoms with van der Waals surface area (Å²) in [6.07, 6.45) is 1.96. The highest BCUT2D eigenvalue weighted by Gasteiger charge is 2.08. The standard InChI is InChI=1S/C15H16N2O3/c1-2-3-9-20-15(19)17-13-6-4-5-11-7-8-12(10-18)16-14(11)13/h4-8,10H,2-3,9H2,1H3,(H,17,19). The summed E-state index contributed by atoms with van der Waals surface area (Å²) in [6.45, 7) is 2.41. The summed E-state index contributed by atoms with van der Waals surface area (Å²) in [5.74, 6) is 0. The minimum absolute atomic E-state index is 0.325. The van der Waals surface area contributed by atoms with Gasteiger partial charge in [-0.25, -0.2) is 9.78 Å². The number of carbonyl (C=O) groups excluding carboxylic acids is 2. The van der Waals surface area contributed by atoms with Gasteiger partial charge in [-0.2, -0.15) is 0 Å². The SMILES string of the molecule is CCCCOC(=O)Nc1cccc2ccc(C=O)nc12. The zero-order valence-electron chi connectivity index (χ0n) is 11.3. The molecule has 0 spiro atoms. The summed E-state index contributed by atoms with van der Waals surface area (Å²) in [4.78, 5) is 26.6. The molecule has 0 aliphatic rings. The summed E-state index contributed by atoms with van der Waals surface area (Å²) in [7, 11) is 0. The minimum Gasteiger partial charge on any atom is -0.449 e. The van der Waals surface area contributed by atoms with E-state index in [1.807, 2.05) is 19.1 Å². The molecule has 1 aromatic carbocycles. The van der Waals surface area contributed by atoms with Crippen molar-refractivity contribution in [2.75, 3.05) is 11.9 Å². The predicted molar refractivity (Wildman–Crippen MR) is 77.0 cm³/mol. The van der Waals surface area contributed by atoms with Crippen molar-refractivity contribution in [2.45, 2.75) is 19.8 Å². The van der Waals surface area contributed by atoms with Crippen molar-refractivity contribution < 1.29 is 14.3 Å². The van der Waals surface area contributed by atoms with E-state index in [9.17, 15) is 9.59 Å². The van der Waals surface area contributed by atoms with Gasteiger partial charge in [0, 0.05) is 5.39 Å². The number of aldehydes is 1. The number of carbonyl (C=O) groups is 2. The van der Waals surface area contributed by atoms with Crippen molar-refractivity contribution in [1.29, 1.82) is 0 Å². The highest BCUT2D eigenvalue weighted by molar-refractivity contribution is 5.98. The predicted octanol–water partition coefficient (Wildman–Crippen LogP) is 3.40. The van der Waals surface area contributed by atoms with Crippen LogP contribution in [0.2, 0.25) is 0 Å². The van der Waals surface area contributed by atoms with Crippen LogP contribution in [0.25, 0.3) is 10.9 Å². The van der Waals surface area contributed by atoms with Crippen molar-refractivity contribution >= 4 is 29.0 Å². The van der Waals surface area contributed by atoms with Gasteiger partial charge in [-0.3, -0.25) is 10.1 Å². The summed E-state index contributed by atoms with van der Waals surface area (Å²) >= 11 is 0. The Kier molecular flexibility index (Phi) is 4.65. The number of hydrogen-bond acceptors (Lipinski definition) is 4. The van der Waals surface area contributed by atoms with Crippen LogP contribution in [0.15, 0.2) is 30.3 Å². The third kappa shape index (κ3) is 3.32. The molecule has 2 aromatic rings. The smallest absolute Gasteiger partial charge is 0.411 e. The maximum atomic E-state index is 11.7. The number of aromatic nitrogens is 1. The van der Waals surface area contributed by atoms with Crippen LogP contribution < -0.4 is 5.32 Å². The molecule has 1 aromatic heterocycles. The van der Waals surface area contributed by atoms with Crippen molar-refractivity contribution in [3.63, 3.8) is 0 Å². The number of fused-ring (bicyclic) bond motifs is 1. The normalized spacial score (nSPS) is 10.2. The van der Waals surface area contributed by atoms with E-state index in [0.29, 0.717) is 29.8 Å². The summed E-state index contributed by atoms with van der Waals surface area (Å²) < 4.78 is 5.04. The Morgan fingerprint density at radius 3 is 2.95 bits per heavy atom. The van der Waals surface area contributed by atoms with Crippen LogP contribution in [0.1, 0.15) is 30.3 Å². The Hall–Kier alpha value is -2.43. The summed E-state index contributed by atoms with van der Waals surface area (Å²) in [5, 5.41) is 3.50. The highest BCUT2D eigenvalue weighted by Crippen LogP contribution is 2.21. The molecule has 5 heteroatoms. The molecule has 2 rings (SSSR count).